The summed E-state index contributed by atoms with van der Waals surface area (Å²) in [6, 6.07) is 9.65. The Morgan fingerprint density at radius 3 is 2.55 bits per heavy atom. The summed E-state index contributed by atoms with van der Waals surface area (Å²) in [6.07, 6.45) is 3.43. The molecule has 2 atom stereocenters. The number of carbonyl (C=O) groups is 1. The number of halogens is 1. The molecule has 12 heteroatoms. The quantitative estimate of drug-likeness (QED) is 0.100. The first-order valence-electron chi connectivity index (χ1n) is 12.6. The summed E-state index contributed by atoms with van der Waals surface area (Å²) >= 11 is -0.337. The second-order valence-corrected chi connectivity index (χ2v) is 13.8. The van der Waals surface area contributed by atoms with E-state index in [9.17, 15) is 18.1 Å². The van der Waals surface area contributed by atoms with E-state index in [0.717, 1.165) is 22.0 Å². The van der Waals surface area contributed by atoms with Gasteiger partial charge in [-0.05, 0) is 60.4 Å². The van der Waals surface area contributed by atoms with Gasteiger partial charge in [-0.25, -0.2) is 9.29 Å². The lowest BCUT2D eigenvalue weighted by molar-refractivity contribution is 0.0964. The van der Waals surface area contributed by atoms with Gasteiger partial charge in [-0.15, -0.1) is 0 Å². The lowest BCUT2D eigenvalue weighted by Gasteiger charge is -2.24. The van der Waals surface area contributed by atoms with E-state index in [1.807, 2.05) is 37.3 Å². The highest BCUT2D eigenvalue weighted by atomic mass is 127. The maximum Gasteiger partial charge on any atom is 0.255 e. The molecule has 1 amide bonds. The lowest BCUT2D eigenvalue weighted by atomic mass is 10.0. The van der Waals surface area contributed by atoms with Crippen molar-refractivity contribution in [2.24, 2.45) is 0 Å². The molecular weight excluding hydrogens is 640 g/mol. The van der Waals surface area contributed by atoms with E-state index >= 15 is 0 Å². The monoisotopic (exact) mass is 674 g/mol. The van der Waals surface area contributed by atoms with Gasteiger partial charge in [0.25, 0.3) is 5.91 Å². The van der Waals surface area contributed by atoms with Crippen LogP contribution in [0.5, 0.6) is 0 Å². The van der Waals surface area contributed by atoms with Gasteiger partial charge >= 0.3 is 0 Å². The van der Waals surface area contributed by atoms with Gasteiger partial charge in [-0.2, -0.15) is 0 Å². The summed E-state index contributed by atoms with van der Waals surface area (Å²) in [5, 5.41) is 3.25. The van der Waals surface area contributed by atoms with E-state index in [4.69, 9.17) is 8.94 Å². The third-order valence-corrected chi connectivity index (χ3v) is 9.80. The van der Waals surface area contributed by atoms with Gasteiger partial charge in [0, 0.05) is 46.8 Å². The maximum absolute atomic E-state index is 12.8. The van der Waals surface area contributed by atoms with Crippen LogP contribution < -0.4 is 5.32 Å². The molecule has 2 heterocycles. The molecule has 2 aromatic heterocycles. The van der Waals surface area contributed by atoms with Gasteiger partial charge in [0.2, 0.25) is 5.71 Å². The van der Waals surface area contributed by atoms with Crippen LogP contribution >= 0.6 is 30.0 Å². The zero-order chi connectivity index (χ0) is 27.9. The summed E-state index contributed by atoms with van der Waals surface area (Å²) in [7, 11) is -1.02. The molecule has 208 valence electrons. The molecule has 9 nitrogen and oxygen atoms in total. The van der Waals surface area contributed by atoms with E-state index in [2.05, 4.69) is 39.8 Å². The van der Waals surface area contributed by atoms with E-state index in [0.29, 0.717) is 54.6 Å². The van der Waals surface area contributed by atoms with Gasteiger partial charge in [0.15, 0.2) is 7.37 Å². The number of benzene rings is 1. The highest BCUT2D eigenvalue weighted by molar-refractivity contribution is 14.1. The van der Waals surface area contributed by atoms with Crippen molar-refractivity contribution >= 4 is 58.2 Å². The third-order valence-electron chi connectivity index (χ3n) is 6.20. The minimum absolute atomic E-state index is 0.0755. The molecule has 1 aromatic carbocycles. The van der Waals surface area contributed by atoms with E-state index in [-0.39, 0.29) is 18.2 Å². The standard InChI is InChI=1S/C26H35IN3O6PS/c1-5-18-10-12-19(13-11-18)24-23(25(31)28-3)20-16-21(27)22(29-26(20)36-24)17-30(38(33)34)14-8-7-9-15-37(4,32)35-6-2/h10-13,16H,5-9,14-15,17H2,1-4H3,(H,28,31)(H,33,34)/p-1. The summed E-state index contributed by atoms with van der Waals surface area (Å²) in [5.74, 6) is 0.138. The van der Waals surface area contributed by atoms with E-state index < -0.39 is 18.6 Å². The van der Waals surface area contributed by atoms with Gasteiger partial charge < -0.3 is 18.8 Å². The lowest BCUT2D eigenvalue weighted by Crippen LogP contribution is -2.27. The van der Waals surface area contributed by atoms with Crippen LogP contribution in [0.4, 0.5) is 0 Å². The Balaban J connectivity index is 1.82. The van der Waals surface area contributed by atoms with Crippen LogP contribution in [0.1, 0.15) is 54.7 Å². The first-order valence-corrected chi connectivity index (χ1v) is 17.0. The Morgan fingerprint density at radius 2 is 1.95 bits per heavy atom. The average molecular weight is 675 g/mol. The number of amides is 1. The number of aromatic nitrogens is 1. The maximum atomic E-state index is 12.8. The molecule has 0 fully saturated rings. The largest absolute Gasteiger partial charge is 0.760 e. The molecule has 3 rings (SSSR count). The average Bonchev–Trinajstić information content (AvgIpc) is 3.25. The van der Waals surface area contributed by atoms with Crippen LogP contribution in [0.15, 0.2) is 34.7 Å². The zero-order valence-corrected chi connectivity index (χ0v) is 26.0. The summed E-state index contributed by atoms with van der Waals surface area (Å²) in [4.78, 5) is 17.5. The molecule has 3 aromatic rings. The van der Waals surface area contributed by atoms with Crippen molar-refractivity contribution < 1.29 is 27.1 Å². The predicted molar refractivity (Wildman–Crippen MR) is 158 cm³/mol. The Bertz CT molecular complexity index is 1330. The molecule has 0 aliphatic heterocycles. The van der Waals surface area contributed by atoms with Crippen molar-refractivity contribution in [3.8, 4) is 11.3 Å². The second kappa shape index (κ2) is 14.1. The first kappa shape index (κ1) is 30.9. The molecular formula is C26H34IN3O6PS-. The molecule has 0 saturated heterocycles. The highest BCUT2D eigenvalue weighted by Gasteiger charge is 2.24. The number of unbranched alkanes of at least 4 members (excludes halogenated alkanes) is 2. The molecule has 0 spiro atoms. The Labute approximate surface area is 240 Å². The van der Waals surface area contributed by atoms with Crippen LogP contribution in [-0.2, 0) is 33.3 Å². The van der Waals surface area contributed by atoms with Crippen LogP contribution in [0.2, 0.25) is 0 Å². The van der Waals surface area contributed by atoms with Crippen molar-refractivity contribution in [2.75, 3.05) is 33.0 Å². The number of hydrogen-bond donors (Lipinski definition) is 1. The van der Waals surface area contributed by atoms with Crippen molar-refractivity contribution in [3.63, 3.8) is 0 Å². The van der Waals surface area contributed by atoms with Crippen molar-refractivity contribution in [1.82, 2.24) is 14.6 Å². The number of aryl methyl sites for hydroxylation is 1. The Hall–Kier alpha value is -1.63. The summed E-state index contributed by atoms with van der Waals surface area (Å²) in [6.45, 7) is 6.33. The van der Waals surface area contributed by atoms with Gasteiger partial charge in [-0.1, -0.05) is 37.6 Å². The van der Waals surface area contributed by atoms with Crippen molar-refractivity contribution in [2.45, 2.75) is 46.1 Å². The van der Waals surface area contributed by atoms with Crippen LogP contribution in [0, 0.1) is 3.57 Å². The molecule has 38 heavy (non-hydrogen) atoms. The third kappa shape index (κ3) is 7.95. The number of nitrogens with zero attached hydrogens (tertiary/aromatic N) is 2. The van der Waals surface area contributed by atoms with Crippen molar-refractivity contribution in [1.29, 1.82) is 0 Å². The van der Waals surface area contributed by atoms with Crippen LogP contribution in [0.3, 0.4) is 0 Å². The smallest absolute Gasteiger partial charge is 0.255 e. The highest BCUT2D eigenvalue weighted by Crippen LogP contribution is 2.43. The van der Waals surface area contributed by atoms with Gasteiger partial charge in [0.05, 0.1) is 29.8 Å². The number of furan rings is 1. The molecule has 0 saturated carbocycles. The fourth-order valence-electron chi connectivity index (χ4n) is 4.17. The molecule has 2 unspecified atom stereocenters. The summed E-state index contributed by atoms with van der Waals surface area (Å²) in [5.41, 5.74) is 3.15. The Morgan fingerprint density at radius 1 is 1.24 bits per heavy atom. The number of hydrogen-bond acceptors (Lipinski definition) is 7. The topological polar surface area (TPSA) is 125 Å². The number of pyridine rings is 1. The van der Waals surface area contributed by atoms with Gasteiger partial charge in [0.1, 0.15) is 5.76 Å². The predicted octanol–water partition coefficient (Wildman–Crippen LogP) is 5.73. The summed E-state index contributed by atoms with van der Waals surface area (Å²) < 4.78 is 49.6. The fourth-order valence-corrected chi connectivity index (χ4v) is 6.75. The number of nitrogens with one attached hydrogen (secondary N) is 1. The molecule has 1 N–H and O–H groups in total. The minimum atomic E-state index is -2.58. The van der Waals surface area contributed by atoms with Gasteiger partial charge in [-0.3, -0.25) is 13.6 Å². The minimum Gasteiger partial charge on any atom is -0.760 e. The Kier molecular flexibility index (Phi) is 11.5. The SMILES string of the molecule is CCOP(C)(=O)CCCCCN(Cc1nc2oc(-c3ccc(CC)cc3)c(C(=O)NC)c2cc1I)S(=O)[O-]. The molecule has 0 aliphatic rings. The number of rotatable bonds is 14. The van der Waals surface area contributed by atoms with Crippen molar-refractivity contribution in [3.05, 3.63) is 50.7 Å². The molecule has 0 bridgehead atoms. The second-order valence-electron chi connectivity index (χ2n) is 9.00. The van der Waals surface area contributed by atoms with Crippen LogP contribution in [-0.4, -0.2) is 57.0 Å². The molecule has 0 aliphatic carbocycles. The first-order chi connectivity index (χ1) is 18.1. The van der Waals surface area contributed by atoms with E-state index in [1.165, 1.54) is 9.87 Å². The zero-order valence-electron chi connectivity index (χ0n) is 22.1. The number of carbonyl (C=O) groups excluding carboxylic acids is 1. The molecule has 0 radical (unpaired) electrons. The number of fused-ring (bicyclic) bond motifs is 1. The normalized spacial score (nSPS) is 14.1. The van der Waals surface area contributed by atoms with Crippen LogP contribution in [0.25, 0.3) is 22.4 Å². The van der Waals surface area contributed by atoms with E-state index in [1.54, 1.807) is 13.7 Å². The fraction of sp³-hybridized carbons (Fsp3) is 0.462.